The van der Waals surface area contributed by atoms with Gasteiger partial charge < -0.3 is 20.1 Å². The summed E-state index contributed by atoms with van der Waals surface area (Å²) < 4.78 is 10.5. The zero-order valence-corrected chi connectivity index (χ0v) is 13.3. The molecule has 0 aliphatic carbocycles. The Morgan fingerprint density at radius 2 is 1.96 bits per heavy atom. The zero-order chi connectivity index (χ0) is 16.4. The molecule has 5 heteroatoms. The van der Waals surface area contributed by atoms with Crippen LogP contribution in [0.15, 0.2) is 36.4 Å². The number of amides is 1. The summed E-state index contributed by atoms with van der Waals surface area (Å²) in [5.41, 5.74) is 9.05. The molecule has 0 fully saturated rings. The number of nitrogen functional groups attached to an aromatic ring is 1. The van der Waals surface area contributed by atoms with Gasteiger partial charge in [0.25, 0.3) is 5.91 Å². The van der Waals surface area contributed by atoms with E-state index in [2.05, 4.69) is 6.07 Å². The molecule has 2 aromatic carbocycles. The van der Waals surface area contributed by atoms with Gasteiger partial charge in [-0.1, -0.05) is 18.2 Å². The SMILES string of the molecule is COc1cc(C(=O)N2CCCc3ccccc32)cc(N)c1OC. The normalized spacial score (nSPS) is 13.4. The van der Waals surface area contributed by atoms with Gasteiger partial charge in [0.05, 0.1) is 19.9 Å². The van der Waals surface area contributed by atoms with E-state index in [0.717, 1.165) is 18.5 Å². The molecule has 0 spiro atoms. The molecule has 1 amide bonds. The fourth-order valence-electron chi connectivity index (χ4n) is 3.02. The Balaban J connectivity index is 2.00. The van der Waals surface area contributed by atoms with Crippen LogP contribution < -0.4 is 20.1 Å². The van der Waals surface area contributed by atoms with Crippen molar-refractivity contribution in [2.75, 3.05) is 31.4 Å². The summed E-state index contributed by atoms with van der Waals surface area (Å²) in [6, 6.07) is 11.3. The maximum atomic E-state index is 13.0. The number of nitrogens with zero attached hydrogens (tertiary/aromatic N) is 1. The van der Waals surface area contributed by atoms with E-state index >= 15 is 0 Å². The standard InChI is InChI=1S/C18H20N2O3/c1-22-16-11-13(10-14(19)17(16)23-2)18(21)20-9-5-7-12-6-3-4-8-15(12)20/h3-4,6,8,10-11H,5,7,9,19H2,1-2H3. The fourth-order valence-corrected chi connectivity index (χ4v) is 3.02. The molecule has 0 aromatic heterocycles. The van der Waals surface area contributed by atoms with Crippen LogP contribution in [0.4, 0.5) is 11.4 Å². The van der Waals surface area contributed by atoms with E-state index in [1.165, 1.54) is 19.8 Å². The summed E-state index contributed by atoms with van der Waals surface area (Å²) in [5, 5.41) is 0. The van der Waals surface area contributed by atoms with Crippen LogP contribution in [0.1, 0.15) is 22.3 Å². The van der Waals surface area contributed by atoms with Crippen LogP contribution >= 0.6 is 0 Å². The van der Waals surface area contributed by atoms with Gasteiger partial charge >= 0.3 is 0 Å². The Morgan fingerprint density at radius 3 is 2.70 bits per heavy atom. The summed E-state index contributed by atoms with van der Waals surface area (Å²) in [4.78, 5) is 14.8. The lowest BCUT2D eigenvalue weighted by Gasteiger charge is -2.29. The minimum Gasteiger partial charge on any atom is -0.493 e. The molecule has 0 bridgehead atoms. The Labute approximate surface area is 135 Å². The minimum absolute atomic E-state index is 0.0789. The molecule has 2 aromatic rings. The third kappa shape index (κ3) is 2.70. The average Bonchev–Trinajstić information content (AvgIpc) is 2.59. The quantitative estimate of drug-likeness (QED) is 0.885. The number of ether oxygens (including phenoxy) is 2. The van der Waals surface area contributed by atoms with Crippen LogP contribution in [0.5, 0.6) is 11.5 Å². The predicted molar refractivity (Wildman–Crippen MR) is 90.4 cm³/mol. The van der Waals surface area contributed by atoms with E-state index in [-0.39, 0.29) is 5.91 Å². The molecule has 0 atom stereocenters. The number of nitrogens with two attached hydrogens (primary N) is 1. The van der Waals surface area contributed by atoms with Crippen molar-refractivity contribution in [2.45, 2.75) is 12.8 Å². The van der Waals surface area contributed by atoms with Crippen LogP contribution in [0.25, 0.3) is 0 Å². The molecule has 0 radical (unpaired) electrons. The summed E-state index contributed by atoms with van der Waals surface area (Å²) >= 11 is 0. The van der Waals surface area contributed by atoms with Crippen LogP contribution in [-0.4, -0.2) is 26.7 Å². The average molecular weight is 312 g/mol. The lowest BCUT2D eigenvalue weighted by atomic mass is 10.0. The van der Waals surface area contributed by atoms with Gasteiger partial charge in [-0.3, -0.25) is 4.79 Å². The highest BCUT2D eigenvalue weighted by molar-refractivity contribution is 6.07. The second-order valence-corrected chi connectivity index (χ2v) is 5.49. The smallest absolute Gasteiger partial charge is 0.258 e. The van der Waals surface area contributed by atoms with E-state index in [4.69, 9.17) is 15.2 Å². The summed E-state index contributed by atoms with van der Waals surface area (Å²) in [6.45, 7) is 0.699. The van der Waals surface area contributed by atoms with E-state index in [1.807, 2.05) is 18.2 Å². The maximum Gasteiger partial charge on any atom is 0.258 e. The predicted octanol–water partition coefficient (Wildman–Crippen LogP) is 2.88. The van der Waals surface area contributed by atoms with Crippen molar-refractivity contribution in [1.29, 1.82) is 0 Å². The highest BCUT2D eigenvalue weighted by Crippen LogP contribution is 2.36. The van der Waals surface area contributed by atoms with Crippen LogP contribution in [0.3, 0.4) is 0 Å². The number of anilines is 2. The molecule has 2 N–H and O–H groups in total. The third-order valence-electron chi connectivity index (χ3n) is 4.11. The van der Waals surface area contributed by atoms with Gasteiger partial charge in [0.1, 0.15) is 0 Å². The lowest BCUT2D eigenvalue weighted by Crippen LogP contribution is -2.35. The summed E-state index contributed by atoms with van der Waals surface area (Å²) in [6.07, 6.45) is 1.94. The first kappa shape index (κ1) is 15.2. The topological polar surface area (TPSA) is 64.8 Å². The number of hydrogen-bond donors (Lipinski definition) is 1. The monoisotopic (exact) mass is 312 g/mol. The minimum atomic E-state index is -0.0789. The molecule has 0 unspecified atom stereocenters. The molecule has 1 aliphatic heterocycles. The molecule has 23 heavy (non-hydrogen) atoms. The van der Waals surface area contributed by atoms with Gasteiger partial charge in [-0.2, -0.15) is 0 Å². The molecule has 120 valence electrons. The van der Waals surface area contributed by atoms with Crippen LogP contribution in [0, 0.1) is 0 Å². The number of aryl methyl sites for hydroxylation is 1. The van der Waals surface area contributed by atoms with Crippen molar-refractivity contribution in [3.05, 3.63) is 47.5 Å². The summed E-state index contributed by atoms with van der Waals surface area (Å²) in [5.74, 6) is 0.828. The molecular formula is C18H20N2O3. The highest BCUT2D eigenvalue weighted by Gasteiger charge is 2.25. The van der Waals surface area contributed by atoms with Gasteiger partial charge in [0.2, 0.25) is 0 Å². The van der Waals surface area contributed by atoms with Crippen molar-refractivity contribution in [1.82, 2.24) is 0 Å². The van der Waals surface area contributed by atoms with E-state index in [9.17, 15) is 4.79 Å². The first-order valence-electron chi connectivity index (χ1n) is 7.57. The molecule has 0 saturated carbocycles. The Hall–Kier alpha value is -2.69. The second-order valence-electron chi connectivity index (χ2n) is 5.49. The Bertz CT molecular complexity index is 743. The molecular weight excluding hydrogens is 292 g/mol. The molecule has 1 aliphatic rings. The second kappa shape index (κ2) is 6.20. The molecule has 0 saturated heterocycles. The van der Waals surface area contributed by atoms with Crippen LogP contribution in [0.2, 0.25) is 0 Å². The number of methoxy groups -OCH3 is 2. The van der Waals surface area contributed by atoms with Gasteiger partial charge in [-0.25, -0.2) is 0 Å². The number of carbonyl (C=O) groups is 1. The lowest BCUT2D eigenvalue weighted by molar-refractivity contribution is 0.0984. The van der Waals surface area contributed by atoms with E-state index < -0.39 is 0 Å². The maximum absolute atomic E-state index is 13.0. The van der Waals surface area contributed by atoms with E-state index in [1.54, 1.807) is 17.0 Å². The number of hydrogen-bond acceptors (Lipinski definition) is 4. The van der Waals surface area contributed by atoms with Gasteiger partial charge in [-0.15, -0.1) is 0 Å². The fraction of sp³-hybridized carbons (Fsp3) is 0.278. The van der Waals surface area contributed by atoms with Crippen molar-refractivity contribution in [3.63, 3.8) is 0 Å². The number of rotatable bonds is 3. The molecule has 3 rings (SSSR count). The van der Waals surface area contributed by atoms with Gasteiger partial charge in [0, 0.05) is 17.8 Å². The third-order valence-corrected chi connectivity index (χ3v) is 4.11. The Morgan fingerprint density at radius 1 is 1.17 bits per heavy atom. The zero-order valence-electron chi connectivity index (χ0n) is 13.3. The number of benzene rings is 2. The summed E-state index contributed by atoms with van der Waals surface area (Å²) in [7, 11) is 3.05. The van der Waals surface area contributed by atoms with E-state index in [0.29, 0.717) is 29.3 Å². The van der Waals surface area contributed by atoms with Crippen molar-refractivity contribution in [3.8, 4) is 11.5 Å². The van der Waals surface area contributed by atoms with Crippen molar-refractivity contribution in [2.24, 2.45) is 0 Å². The number of fused-ring (bicyclic) bond motifs is 1. The first-order valence-corrected chi connectivity index (χ1v) is 7.57. The van der Waals surface area contributed by atoms with Crippen LogP contribution in [-0.2, 0) is 6.42 Å². The largest absolute Gasteiger partial charge is 0.493 e. The number of para-hydroxylation sites is 1. The molecule has 1 heterocycles. The van der Waals surface area contributed by atoms with Crippen molar-refractivity contribution >= 4 is 17.3 Å². The number of carbonyl (C=O) groups excluding carboxylic acids is 1. The van der Waals surface area contributed by atoms with Gasteiger partial charge in [-0.05, 0) is 36.6 Å². The van der Waals surface area contributed by atoms with Crippen molar-refractivity contribution < 1.29 is 14.3 Å². The molecule has 5 nitrogen and oxygen atoms in total. The van der Waals surface area contributed by atoms with Gasteiger partial charge in [0.15, 0.2) is 11.5 Å². The first-order chi connectivity index (χ1) is 11.2. The Kier molecular flexibility index (Phi) is 4.10. The highest BCUT2D eigenvalue weighted by atomic mass is 16.5.